The van der Waals surface area contributed by atoms with Crippen molar-refractivity contribution in [2.75, 3.05) is 18.4 Å². The summed E-state index contributed by atoms with van der Waals surface area (Å²) >= 11 is 10.3. The molecule has 0 saturated carbocycles. The van der Waals surface area contributed by atoms with Gasteiger partial charge in [0, 0.05) is 11.9 Å². The molecule has 0 radical (unpaired) electrons. The number of amides is 1. The molecule has 5 nitrogen and oxygen atoms in total. The molecule has 27 heavy (non-hydrogen) atoms. The van der Waals surface area contributed by atoms with Crippen LogP contribution in [0.25, 0.3) is 9.88 Å². The quantitative estimate of drug-likeness (QED) is 0.569. The molecule has 1 saturated heterocycles. The molecule has 0 atom stereocenters. The molecule has 142 valence electrons. The third-order valence-electron chi connectivity index (χ3n) is 4.39. The second-order valence-electron chi connectivity index (χ2n) is 6.47. The van der Waals surface area contributed by atoms with Gasteiger partial charge in [0.05, 0.1) is 20.6 Å². The molecule has 1 aliphatic rings. The molecule has 1 N–H and O–H groups in total. The van der Waals surface area contributed by atoms with Crippen LogP contribution in [0, 0.1) is 6.92 Å². The first-order valence-corrected chi connectivity index (χ1v) is 11.7. The Labute approximate surface area is 175 Å². The van der Waals surface area contributed by atoms with Gasteiger partial charge in [-0.15, -0.1) is 34.0 Å². The van der Waals surface area contributed by atoms with Gasteiger partial charge in [0.15, 0.2) is 5.13 Å². The molecule has 3 aromatic rings. The van der Waals surface area contributed by atoms with E-state index in [4.69, 9.17) is 11.6 Å². The lowest BCUT2D eigenvalue weighted by Crippen LogP contribution is -2.29. The van der Waals surface area contributed by atoms with E-state index >= 15 is 0 Å². The van der Waals surface area contributed by atoms with Crippen LogP contribution in [0.1, 0.15) is 40.3 Å². The smallest absolute Gasteiger partial charge is 0.269 e. The molecule has 1 fully saturated rings. The van der Waals surface area contributed by atoms with E-state index in [-0.39, 0.29) is 5.91 Å². The molecule has 0 spiro atoms. The summed E-state index contributed by atoms with van der Waals surface area (Å²) in [6.07, 6.45) is 3.84. The molecular formula is C18H19ClN4OS3. The molecule has 0 unspecified atom stereocenters. The number of aromatic nitrogens is 2. The highest BCUT2D eigenvalue weighted by Gasteiger charge is 2.19. The summed E-state index contributed by atoms with van der Waals surface area (Å²) in [4.78, 5) is 25.8. The first-order valence-electron chi connectivity index (χ1n) is 8.80. The minimum atomic E-state index is -0.155. The standard InChI is InChI=1S/C18H19ClN4OS3/c1-11-15(27-17(20-11)13-5-6-14(19)26-13)16(24)22-18-21-12(10-25-18)9-23-7-3-2-4-8-23/h5-6,10H,2-4,7-9H2,1H3,(H,21,22,24). The van der Waals surface area contributed by atoms with Crippen molar-refractivity contribution in [3.05, 3.63) is 38.1 Å². The van der Waals surface area contributed by atoms with Crippen LogP contribution < -0.4 is 5.32 Å². The van der Waals surface area contributed by atoms with E-state index in [2.05, 4.69) is 20.2 Å². The number of nitrogens with one attached hydrogen (secondary N) is 1. The molecule has 9 heteroatoms. The number of hydrogen-bond acceptors (Lipinski definition) is 7. The number of piperidine rings is 1. The SMILES string of the molecule is Cc1nc(-c2ccc(Cl)s2)sc1C(=O)Nc1nc(CN2CCCCC2)cs1. The summed E-state index contributed by atoms with van der Waals surface area (Å²) in [6, 6.07) is 3.78. The van der Waals surface area contributed by atoms with E-state index in [0.29, 0.717) is 14.3 Å². The van der Waals surface area contributed by atoms with Gasteiger partial charge in [0.2, 0.25) is 0 Å². The summed E-state index contributed by atoms with van der Waals surface area (Å²) in [5, 5.41) is 6.41. The van der Waals surface area contributed by atoms with Gasteiger partial charge in [-0.25, -0.2) is 9.97 Å². The highest BCUT2D eigenvalue weighted by molar-refractivity contribution is 7.24. The van der Waals surface area contributed by atoms with Crippen molar-refractivity contribution in [2.24, 2.45) is 0 Å². The van der Waals surface area contributed by atoms with Crippen LogP contribution in [0.15, 0.2) is 17.5 Å². The zero-order chi connectivity index (χ0) is 18.8. The number of rotatable bonds is 5. The maximum absolute atomic E-state index is 12.7. The number of thiazole rings is 2. The van der Waals surface area contributed by atoms with Crippen LogP contribution >= 0.6 is 45.6 Å². The van der Waals surface area contributed by atoms with E-state index in [1.165, 1.54) is 53.3 Å². The van der Waals surface area contributed by atoms with Crippen LogP contribution in [0.5, 0.6) is 0 Å². The van der Waals surface area contributed by atoms with E-state index in [9.17, 15) is 4.79 Å². The number of carbonyl (C=O) groups excluding carboxylic acids is 1. The van der Waals surface area contributed by atoms with Crippen molar-refractivity contribution in [1.82, 2.24) is 14.9 Å². The van der Waals surface area contributed by atoms with Gasteiger partial charge in [-0.2, -0.15) is 0 Å². The van der Waals surface area contributed by atoms with Gasteiger partial charge in [0.1, 0.15) is 9.88 Å². The summed E-state index contributed by atoms with van der Waals surface area (Å²) in [6.45, 7) is 4.98. The maximum Gasteiger partial charge on any atom is 0.269 e. The van der Waals surface area contributed by atoms with Crippen molar-refractivity contribution in [2.45, 2.75) is 32.7 Å². The largest absolute Gasteiger partial charge is 0.297 e. The van der Waals surface area contributed by atoms with Crippen molar-refractivity contribution < 1.29 is 4.79 Å². The lowest BCUT2D eigenvalue weighted by atomic mass is 10.1. The average molecular weight is 439 g/mol. The Morgan fingerprint density at radius 3 is 2.78 bits per heavy atom. The van der Waals surface area contributed by atoms with Gasteiger partial charge < -0.3 is 0 Å². The second kappa shape index (κ2) is 8.36. The number of anilines is 1. The number of thiophene rings is 1. The third kappa shape index (κ3) is 4.57. The second-order valence-corrected chi connectivity index (χ2v) is 10.0. The van der Waals surface area contributed by atoms with Gasteiger partial charge >= 0.3 is 0 Å². The Kier molecular flexibility index (Phi) is 5.89. The van der Waals surface area contributed by atoms with Gasteiger partial charge in [0.25, 0.3) is 5.91 Å². The predicted molar refractivity (Wildman–Crippen MR) is 114 cm³/mol. The first-order chi connectivity index (χ1) is 13.1. The van der Waals surface area contributed by atoms with Gasteiger partial charge in [-0.1, -0.05) is 18.0 Å². The fourth-order valence-corrected chi connectivity index (χ4v) is 5.83. The summed E-state index contributed by atoms with van der Waals surface area (Å²) < 4.78 is 0.716. The van der Waals surface area contributed by atoms with Gasteiger partial charge in [-0.3, -0.25) is 15.0 Å². The van der Waals surface area contributed by atoms with Crippen molar-refractivity contribution in [1.29, 1.82) is 0 Å². The minimum absolute atomic E-state index is 0.155. The summed E-state index contributed by atoms with van der Waals surface area (Å²) in [5.41, 5.74) is 1.74. The molecule has 1 aliphatic heterocycles. The molecule has 0 aromatic carbocycles. The Balaban J connectivity index is 1.42. The molecule has 3 aromatic heterocycles. The van der Waals surface area contributed by atoms with Crippen molar-refractivity contribution in [3.8, 4) is 9.88 Å². The Morgan fingerprint density at radius 1 is 1.22 bits per heavy atom. The predicted octanol–water partition coefficient (Wildman–Crippen LogP) is 5.53. The number of carbonyl (C=O) groups is 1. The van der Waals surface area contributed by atoms with Crippen LogP contribution in [-0.4, -0.2) is 33.9 Å². The maximum atomic E-state index is 12.7. The number of likely N-dealkylation sites (tertiary alicyclic amines) is 1. The lowest BCUT2D eigenvalue weighted by molar-refractivity contribution is 0.103. The lowest BCUT2D eigenvalue weighted by Gasteiger charge is -2.25. The molecule has 4 heterocycles. The van der Waals surface area contributed by atoms with Crippen molar-refractivity contribution >= 4 is 56.7 Å². The zero-order valence-electron chi connectivity index (χ0n) is 14.8. The number of halogens is 1. The number of nitrogens with zero attached hydrogens (tertiary/aromatic N) is 3. The van der Waals surface area contributed by atoms with E-state index < -0.39 is 0 Å². The van der Waals surface area contributed by atoms with Gasteiger partial charge in [-0.05, 0) is 45.0 Å². The van der Waals surface area contributed by atoms with E-state index in [1.807, 2.05) is 24.4 Å². The topological polar surface area (TPSA) is 58.1 Å². The first kappa shape index (κ1) is 19.0. The Bertz CT molecular complexity index is 942. The van der Waals surface area contributed by atoms with Crippen LogP contribution in [-0.2, 0) is 6.54 Å². The molecule has 4 rings (SSSR count). The van der Waals surface area contributed by atoms with Crippen LogP contribution in [0.3, 0.4) is 0 Å². The van der Waals surface area contributed by atoms with Crippen LogP contribution in [0.2, 0.25) is 4.34 Å². The third-order valence-corrected chi connectivity index (χ3v) is 7.76. The average Bonchev–Trinajstić information content (AvgIpc) is 3.36. The normalized spacial score (nSPS) is 15.2. The molecular weight excluding hydrogens is 420 g/mol. The number of hydrogen-bond donors (Lipinski definition) is 1. The molecule has 1 amide bonds. The monoisotopic (exact) mass is 438 g/mol. The fourth-order valence-electron chi connectivity index (χ4n) is 3.08. The zero-order valence-corrected chi connectivity index (χ0v) is 18.0. The summed E-state index contributed by atoms with van der Waals surface area (Å²) in [7, 11) is 0. The fraction of sp³-hybridized carbons (Fsp3) is 0.389. The summed E-state index contributed by atoms with van der Waals surface area (Å²) in [5.74, 6) is -0.155. The Morgan fingerprint density at radius 2 is 2.04 bits per heavy atom. The molecule has 0 aliphatic carbocycles. The minimum Gasteiger partial charge on any atom is -0.297 e. The Hall–Kier alpha value is -1.32. The molecule has 0 bridgehead atoms. The van der Waals surface area contributed by atoms with Crippen molar-refractivity contribution in [3.63, 3.8) is 0 Å². The van der Waals surface area contributed by atoms with E-state index in [0.717, 1.165) is 40.9 Å². The highest BCUT2D eigenvalue weighted by Crippen LogP contribution is 2.35. The van der Waals surface area contributed by atoms with Crippen LogP contribution in [0.4, 0.5) is 5.13 Å². The number of aryl methyl sites for hydroxylation is 1. The highest BCUT2D eigenvalue weighted by atomic mass is 35.5. The van der Waals surface area contributed by atoms with E-state index in [1.54, 1.807) is 0 Å².